The summed E-state index contributed by atoms with van der Waals surface area (Å²) in [5, 5.41) is 3.39. The van der Waals surface area contributed by atoms with E-state index in [1.54, 1.807) is 14.2 Å². The Balaban J connectivity index is 2.61. The van der Waals surface area contributed by atoms with Crippen LogP contribution in [0.5, 0.6) is 11.5 Å². The summed E-state index contributed by atoms with van der Waals surface area (Å²) < 4.78 is 11.5. The molecule has 0 heterocycles. The summed E-state index contributed by atoms with van der Waals surface area (Å²) in [5.74, 6) is 1.47. The highest BCUT2D eigenvalue weighted by Gasteiger charge is 2.09. The predicted molar refractivity (Wildman–Crippen MR) is 78.4 cm³/mol. The minimum absolute atomic E-state index is 0.730. The molecule has 1 rings (SSSR count). The first kappa shape index (κ1) is 15.1. The summed E-state index contributed by atoms with van der Waals surface area (Å²) in [7, 11) is 3.28. The summed E-state index contributed by atoms with van der Waals surface area (Å²) in [6.45, 7) is 5.51. The molecule has 0 atom stereocenters. The standard InChI is InChI=1S/C14H20BrNO2/c1-4-5-6-7-16-10-11-8-12(15)14(18-3)13(9-11)17-2/h4,8-9,16H,1,5-7,10H2,2-3H3. The lowest BCUT2D eigenvalue weighted by molar-refractivity contribution is 0.352. The molecule has 0 bridgehead atoms. The van der Waals surface area contributed by atoms with Gasteiger partial charge in [-0.15, -0.1) is 6.58 Å². The van der Waals surface area contributed by atoms with Gasteiger partial charge < -0.3 is 14.8 Å². The van der Waals surface area contributed by atoms with E-state index in [-0.39, 0.29) is 0 Å². The molecule has 0 aliphatic rings. The molecule has 1 aromatic rings. The Morgan fingerprint density at radius 1 is 1.33 bits per heavy atom. The summed E-state index contributed by atoms with van der Waals surface area (Å²) in [6, 6.07) is 4.03. The SMILES string of the molecule is C=CCCCNCc1cc(Br)c(OC)c(OC)c1. The summed E-state index contributed by atoms with van der Waals surface area (Å²) >= 11 is 3.49. The molecule has 0 amide bonds. The van der Waals surface area contributed by atoms with Crippen molar-refractivity contribution in [2.24, 2.45) is 0 Å². The van der Waals surface area contributed by atoms with Crippen molar-refractivity contribution in [1.82, 2.24) is 5.32 Å². The normalized spacial score (nSPS) is 10.2. The molecule has 0 aromatic heterocycles. The van der Waals surface area contributed by atoms with Crippen LogP contribution in [0.2, 0.25) is 0 Å². The van der Waals surface area contributed by atoms with Gasteiger partial charge in [0.05, 0.1) is 18.7 Å². The fourth-order valence-corrected chi connectivity index (χ4v) is 2.33. The number of ether oxygens (including phenoxy) is 2. The van der Waals surface area contributed by atoms with Crippen molar-refractivity contribution < 1.29 is 9.47 Å². The van der Waals surface area contributed by atoms with Crippen molar-refractivity contribution in [2.75, 3.05) is 20.8 Å². The van der Waals surface area contributed by atoms with Gasteiger partial charge in [-0.1, -0.05) is 6.08 Å². The lowest BCUT2D eigenvalue weighted by Crippen LogP contribution is -2.14. The third-order valence-electron chi connectivity index (χ3n) is 2.58. The van der Waals surface area contributed by atoms with Gasteiger partial charge in [-0.05, 0) is 53.0 Å². The quantitative estimate of drug-likeness (QED) is 0.588. The van der Waals surface area contributed by atoms with Crippen molar-refractivity contribution in [3.63, 3.8) is 0 Å². The number of unbranched alkanes of at least 4 members (excludes halogenated alkanes) is 1. The molecule has 0 aliphatic carbocycles. The first-order valence-corrected chi connectivity index (χ1v) is 6.74. The van der Waals surface area contributed by atoms with Crippen LogP contribution >= 0.6 is 15.9 Å². The second-order valence-electron chi connectivity index (χ2n) is 3.92. The van der Waals surface area contributed by atoms with Crippen LogP contribution in [0, 0.1) is 0 Å². The van der Waals surface area contributed by atoms with E-state index in [0.717, 1.165) is 47.5 Å². The number of methoxy groups -OCH3 is 2. The lowest BCUT2D eigenvalue weighted by Gasteiger charge is -2.12. The van der Waals surface area contributed by atoms with E-state index in [1.807, 2.05) is 18.2 Å². The first-order chi connectivity index (χ1) is 8.72. The molecule has 1 aromatic carbocycles. The zero-order valence-electron chi connectivity index (χ0n) is 11.0. The maximum Gasteiger partial charge on any atom is 0.174 e. The highest BCUT2D eigenvalue weighted by atomic mass is 79.9. The number of nitrogens with one attached hydrogen (secondary N) is 1. The Bertz CT molecular complexity index is 394. The van der Waals surface area contributed by atoms with Crippen molar-refractivity contribution in [2.45, 2.75) is 19.4 Å². The van der Waals surface area contributed by atoms with Crippen LogP contribution in [0.25, 0.3) is 0 Å². The number of rotatable bonds is 8. The van der Waals surface area contributed by atoms with Crippen LogP contribution in [0.3, 0.4) is 0 Å². The van der Waals surface area contributed by atoms with Crippen LogP contribution < -0.4 is 14.8 Å². The van der Waals surface area contributed by atoms with Gasteiger partial charge in [0.15, 0.2) is 11.5 Å². The lowest BCUT2D eigenvalue weighted by atomic mass is 10.2. The molecule has 0 spiro atoms. The molecular formula is C14H20BrNO2. The highest BCUT2D eigenvalue weighted by Crippen LogP contribution is 2.36. The van der Waals surface area contributed by atoms with Crippen LogP contribution in [0.4, 0.5) is 0 Å². The van der Waals surface area contributed by atoms with E-state index >= 15 is 0 Å². The van der Waals surface area contributed by atoms with E-state index in [0.29, 0.717) is 0 Å². The molecule has 100 valence electrons. The molecule has 4 heteroatoms. The fourth-order valence-electron chi connectivity index (χ4n) is 1.68. The monoisotopic (exact) mass is 313 g/mol. The second-order valence-corrected chi connectivity index (χ2v) is 4.78. The Morgan fingerprint density at radius 3 is 2.72 bits per heavy atom. The van der Waals surface area contributed by atoms with Gasteiger partial charge in [0, 0.05) is 6.54 Å². The van der Waals surface area contributed by atoms with E-state index < -0.39 is 0 Å². The Hall–Kier alpha value is -1.00. The number of allylic oxidation sites excluding steroid dienone is 1. The van der Waals surface area contributed by atoms with Gasteiger partial charge >= 0.3 is 0 Å². The van der Waals surface area contributed by atoms with E-state index in [9.17, 15) is 0 Å². The van der Waals surface area contributed by atoms with Gasteiger partial charge in [-0.25, -0.2) is 0 Å². The number of hydrogen-bond donors (Lipinski definition) is 1. The summed E-state index contributed by atoms with van der Waals surface area (Å²) in [5.41, 5.74) is 1.16. The average molecular weight is 314 g/mol. The van der Waals surface area contributed by atoms with E-state index in [2.05, 4.69) is 27.8 Å². The zero-order chi connectivity index (χ0) is 13.4. The second kappa shape index (κ2) is 8.16. The molecule has 18 heavy (non-hydrogen) atoms. The smallest absolute Gasteiger partial charge is 0.174 e. The summed E-state index contributed by atoms with van der Waals surface area (Å²) in [4.78, 5) is 0. The maximum atomic E-state index is 5.31. The molecule has 0 radical (unpaired) electrons. The van der Waals surface area contributed by atoms with Crippen LogP contribution in [0.15, 0.2) is 29.3 Å². The average Bonchev–Trinajstić information content (AvgIpc) is 2.37. The van der Waals surface area contributed by atoms with Crippen molar-refractivity contribution >= 4 is 15.9 Å². The molecule has 0 saturated heterocycles. The van der Waals surface area contributed by atoms with Crippen molar-refractivity contribution in [3.05, 3.63) is 34.8 Å². The maximum absolute atomic E-state index is 5.31. The minimum Gasteiger partial charge on any atom is -0.493 e. The molecule has 0 unspecified atom stereocenters. The third-order valence-corrected chi connectivity index (χ3v) is 3.17. The van der Waals surface area contributed by atoms with Gasteiger partial charge in [0.1, 0.15) is 0 Å². The summed E-state index contributed by atoms with van der Waals surface area (Å²) in [6.07, 6.45) is 4.09. The van der Waals surface area contributed by atoms with Gasteiger partial charge in [0.2, 0.25) is 0 Å². The van der Waals surface area contributed by atoms with Gasteiger partial charge in [-0.2, -0.15) is 0 Å². The number of halogens is 1. The number of benzene rings is 1. The van der Waals surface area contributed by atoms with Crippen LogP contribution in [0.1, 0.15) is 18.4 Å². The Kier molecular flexibility index (Phi) is 6.83. The molecule has 0 saturated carbocycles. The molecule has 0 aliphatic heterocycles. The fraction of sp³-hybridized carbons (Fsp3) is 0.429. The number of hydrogen-bond acceptors (Lipinski definition) is 3. The van der Waals surface area contributed by atoms with Crippen molar-refractivity contribution in [1.29, 1.82) is 0 Å². The van der Waals surface area contributed by atoms with Crippen LogP contribution in [-0.4, -0.2) is 20.8 Å². The largest absolute Gasteiger partial charge is 0.493 e. The Labute approximate surface area is 117 Å². The topological polar surface area (TPSA) is 30.5 Å². The molecule has 1 N–H and O–H groups in total. The zero-order valence-corrected chi connectivity index (χ0v) is 12.5. The molecular weight excluding hydrogens is 294 g/mol. The van der Waals surface area contributed by atoms with Crippen LogP contribution in [-0.2, 0) is 6.54 Å². The minimum atomic E-state index is 0.730. The van der Waals surface area contributed by atoms with E-state index in [4.69, 9.17) is 9.47 Å². The molecule has 0 fully saturated rings. The molecule has 3 nitrogen and oxygen atoms in total. The van der Waals surface area contributed by atoms with E-state index in [1.165, 1.54) is 0 Å². The Morgan fingerprint density at radius 2 is 2.11 bits per heavy atom. The van der Waals surface area contributed by atoms with Gasteiger partial charge in [-0.3, -0.25) is 0 Å². The third kappa shape index (κ3) is 4.35. The predicted octanol–water partition coefficient (Wildman–Crippen LogP) is 3.52. The van der Waals surface area contributed by atoms with Crippen molar-refractivity contribution in [3.8, 4) is 11.5 Å². The van der Waals surface area contributed by atoms with Gasteiger partial charge in [0.25, 0.3) is 0 Å². The first-order valence-electron chi connectivity index (χ1n) is 5.95. The highest BCUT2D eigenvalue weighted by molar-refractivity contribution is 9.10.